The van der Waals surface area contributed by atoms with Crippen LogP contribution in [-0.4, -0.2) is 55.2 Å². The molecule has 1 aromatic rings. The van der Waals surface area contributed by atoms with Crippen LogP contribution in [-0.2, 0) is 12.8 Å². The predicted octanol–water partition coefficient (Wildman–Crippen LogP) is 5.28. The quantitative estimate of drug-likeness (QED) is 0.658. The van der Waals surface area contributed by atoms with E-state index in [2.05, 4.69) is 14.7 Å². The van der Waals surface area contributed by atoms with Gasteiger partial charge in [-0.05, 0) is 89.4 Å². The molecule has 1 saturated heterocycles. The van der Waals surface area contributed by atoms with Gasteiger partial charge in [-0.15, -0.1) is 0 Å². The molecule has 0 bridgehead atoms. The molecule has 170 valence electrons. The Balaban J connectivity index is 1.30. The first-order valence-corrected chi connectivity index (χ1v) is 13.7. The lowest BCUT2D eigenvalue weighted by Crippen LogP contribution is -2.36. The van der Waals surface area contributed by atoms with Crippen molar-refractivity contribution in [3.63, 3.8) is 0 Å². The Hall–Kier alpha value is -1.29. The van der Waals surface area contributed by atoms with E-state index < -0.39 is 0 Å². The summed E-state index contributed by atoms with van der Waals surface area (Å²) in [6.45, 7) is 7.69. The average Bonchev–Trinajstić information content (AvgIpc) is 3.00. The molecule has 2 aliphatic carbocycles. The fraction of sp³-hybridized carbons (Fsp3) is 0.815. The van der Waals surface area contributed by atoms with Crippen LogP contribution in [0.5, 0.6) is 0 Å². The minimum Gasteiger partial charge on any atom is -0.369 e. The van der Waals surface area contributed by atoms with Crippen molar-refractivity contribution in [3.05, 3.63) is 17.0 Å². The number of fused-ring (bicyclic) bond motifs is 5. The summed E-state index contributed by atoms with van der Waals surface area (Å²) >= 11 is 0. The highest BCUT2D eigenvalue weighted by molar-refractivity contribution is 5.82. The van der Waals surface area contributed by atoms with Crippen molar-refractivity contribution in [1.82, 2.24) is 9.88 Å². The molecule has 5 aliphatic rings. The van der Waals surface area contributed by atoms with Gasteiger partial charge in [-0.2, -0.15) is 0 Å². The van der Waals surface area contributed by atoms with E-state index in [1.807, 2.05) is 0 Å². The number of pyridine rings is 1. The average molecular weight is 423 g/mol. The third-order valence-electron chi connectivity index (χ3n) is 8.96. The van der Waals surface area contributed by atoms with Gasteiger partial charge in [0.2, 0.25) is 0 Å². The first-order valence-electron chi connectivity index (χ1n) is 13.7. The molecule has 0 amide bonds. The number of likely N-dealkylation sites (tertiary alicyclic amines) is 1. The van der Waals surface area contributed by atoms with Crippen LogP contribution >= 0.6 is 0 Å². The van der Waals surface area contributed by atoms with E-state index in [0.29, 0.717) is 5.92 Å². The van der Waals surface area contributed by atoms with Crippen LogP contribution in [0, 0.1) is 0 Å². The molecule has 0 radical (unpaired) electrons. The standard InChI is InChI=1S/C27H42N4/c1-2-8-16-29(15-7-1)17-9-18-30-19-10-20-31-24-14-6-4-12-22(24)25-27(31)26(30)21-11-3-5-13-23(21)28-25/h22,24H,1-20H2. The molecule has 0 spiro atoms. The van der Waals surface area contributed by atoms with Gasteiger partial charge in [-0.1, -0.05) is 25.7 Å². The normalized spacial score (nSPS) is 28.5. The maximum absolute atomic E-state index is 5.43. The highest BCUT2D eigenvalue weighted by Gasteiger charge is 2.45. The molecule has 3 aliphatic heterocycles. The third kappa shape index (κ3) is 3.77. The fourth-order valence-electron chi connectivity index (χ4n) is 7.47. The van der Waals surface area contributed by atoms with E-state index in [1.54, 1.807) is 16.9 Å². The molecule has 0 N–H and O–H groups in total. The second-order valence-electron chi connectivity index (χ2n) is 10.9. The fourth-order valence-corrected chi connectivity index (χ4v) is 7.47. The Bertz CT molecular complexity index is 782. The Labute approximate surface area is 189 Å². The van der Waals surface area contributed by atoms with Gasteiger partial charge >= 0.3 is 0 Å². The van der Waals surface area contributed by atoms with Crippen molar-refractivity contribution < 1.29 is 0 Å². The number of aryl methyl sites for hydroxylation is 1. The highest BCUT2D eigenvalue weighted by Crippen LogP contribution is 2.53. The maximum Gasteiger partial charge on any atom is 0.0832 e. The minimum absolute atomic E-state index is 0.715. The number of aromatic nitrogens is 1. The summed E-state index contributed by atoms with van der Waals surface area (Å²) in [5.74, 6) is 0.715. The molecule has 0 aromatic carbocycles. The highest BCUT2D eigenvalue weighted by atomic mass is 15.3. The van der Waals surface area contributed by atoms with Crippen molar-refractivity contribution in [1.29, 1.82) is 0 Å². The van der Waals surface area contributed by atoms with Gasteiger partial charge in [0.15, 0.2) is 0 Å². The zero-order valence-corrected chi connectivity index (χ0v) is 19.6. The van der Waals surface area contributed by atoms with Gasteiger partial charge < -0.3 is 14.7 Å². The minimum atomic E-state index is 0.715. The van der Waals surface area contributed by atoms with Gasteiger partial charge in [0.1, 0.15) is 0 Å². The van der Waals surface area contributed by atoms with E-state index >= 15 is 0 Å². The zero-order valence-electron chi connectivity index (χ0n) is 19.6. The SMILES string of the molecule is C1CCCN(CCCN2CCCN3c4c(nc5c(c42)CCCC5)C2CCCCC23)CC1. The molecule has 2 unspecified atom stereocenters. The smallest absolute Gasteiger partial charge is 0.0832 e. The summed E-state index contributed by atoms with van der Waals surface area (Å²) in [6.07, 6.45) is 19.1. The Kier molecular flexibility index (Phi) is 5.85. The van der Waals surface area contributed by atoms with Gasteiger partial charge in [0.05, 0.1) is 17.1 Å². The third-order valence-corrected chi connectivity index (χ3v) is 8.96. The summed E-state index contributed by atoms with van der Waals surface area (Å²) in [4.78, 5) is 13.9. The van der Waals surface area contributed by atoms with Gasteiger partial charge in [-0.25, -0.2) is 0 Å². The number of anilines is 2. The van der Waals surface area contributed by atoms with Gasteiger partial charge in [0, 0.05) is 37.3 Å². The lowest BCUT2D eigenvalue weighted by molar-refractivity contribution is 0.282. The van der Waals surface area contributed by atoms with Crippen LogP contribution in [0.25, 0.3) is 0 Å². The van der Waals surface area contributed by atoms with E-state index in [0.717, 1.165) is 6.04 Å². The lowest BCUT2D eigenvalue weighted by Gasteiger charge is -2.33. The summed E-state index contributed by atoms with van der Waals surface area (Å²) in [6, 6.07) is 0.746. The van der Waals surface area contributed by atoms with Crippen LogP contribution in [0.3, 0.4) is 0 Å². The number of nitrogens with zero attached hydrogens (tertiary/aromatic N) is 4. The second kappa shape index (κ2) is 8.92. The van der Waals surface area contributed by atoms with Crippen LogP contribution in [0.15, 0.2) is 0 Å². The summed E-state index contributed by atoms with van der Waals surface area (Å²) in [5.41, 5.74) is 7.89. The molecule has 2 atom stereocenters. The van der Waals surface area contributed by atoms with E-state index in [1.165, 1.54) is 141 Å². The van der Waals surface area contributed by atoms with Crippen molar-refractivity contribution in [3.8, 4) is 0 Å². The Morgan fingerprint density at radius 3 is 2.45 bits per heavy atom. The molecule has 6 rings (SSSR count). The Morgan fingerprint density at radius 2 is 1.55 bits per heavy atom. The molecule has 31 heavy (non-hydrogen) atoms. The molecule has 1 aromatic heterocycles. The molecule has 2 fully saturated rings. The zero-order chi connectivity index (χ0) is 20.6. The first-order chi connectivity index (χ1) is 15.4. The van der Waals surface area contributed by atoms with Crippen molar-refractivity contribution in [2.75, 3.05) is 49.1 Å². The van der Waals surface area contributed by atoms with E-state index in [9.17, 15) is 0 Å². The van der Waals surface area contributed by atoms with Crippen molar-refractivity contribution in [2.24, 2.45) is 0 Å². The van der Waals surface area contributed by atoms with Crippen LogP contribution in [0.2, 0.25) is 0 Å². The van der Waals surface area contributed by atoms with Gasteiger partial charge in [-0.3, -0.25) is 4.98 Å². The first kappa shape index (κ1) is 20.3. The Morgan fingerprint density at radius 1 is 0.710 bits per heavy atom. The lowest BCUT2D eigenvalue weighted by atomic mass is 9.83. The molecule has 4 heterocycles. The van der Waals surface area contributed by atoms with Crippen molar-refractivity contribution in [2.45, 2.75) is 102 Å². The molecule has 4 nitrogen and oxygen atoms in total. The largest absolute Gasteiger partial charge is 0.369 e. The van der Waals surface area contributed by atoms with Crippen molar-refractivity contribution >= 4 is 11.4 Å². The van der Waals surface area contributed by atoms with Crippen LogP contribution < -0.4 is 9.80 Å². The number of rotatable bonds is 4. The van der Waals surface area contributed by atoms with E-state index in [-0.39, 0.29) is 0 Å². The van der Waals surface area contributed by atoms with Crippen LogP contribution in [0.1, 0.15) is 99.9 Å². The summed E-state index contributed by atoms with van der Waals surface area (Å²) in [7, 11) is 0. The molecule has 4 heteroatoms. The van der Waals surface area contributed by atoms with Crippen LogP contribution in [0.4, 0.5) is 11.4 Å². The van der Waals surface area contributed by atoms with E-state index in [4.69, 9.17) is 4.98 Å². The van der Waals surface area contributed by atoms with Gasteiger partial charge in [0.25, 0.3) is 0 Å². The summed E-state index contributed by atoms with van der Waals surface area (Å²) in [5, 5.41) is 0. The maximum atomic E-state index is 5.43. The molecular weight excluding hydrogens is 380 g/mol. The number of hydrogen-bond donors (Lipinski definition) is 0. The molecule has 1 saturated carbocycles. The molecular formula is C27H42N4. The topological polar surface area (TPSA) is 22.6 Å². The number of hydrogen-bond acceptors (Lipinski definition) is 4. The predicted molar refractivity (Wildman–Crippen MR) is 130 cm³/mol. The summed E-state index contributed by atoms with van der Waals surface area (Å²) < 4.78 is 0. The monoisotopic (exact) mass is 422 g/mol. The second-order valence-corrected chi connectivity index (χ2v) is 10.9.